The molecule has 33 heavy (non-hydrogen) atoms. The highest BCUT2D eigenvalue weighted by Gasteiger charge is 2.38. The Kier molecular flexibility index (Phi) is 5.41. The summed E-state index contributed by atoms with van der Waals surface area (Å²) < 4.78 is 0. The Bertz CT molecular complexity index is 1210. The molecule has 3 aromatic rings. The van der Waals surface area contributed by atoms with Crippen LogP contribution in [-0.2, 0) is 11.3 Å². The number of fused-ring (bicyclic) bond motifs is 3. The van der Waals surface area contributed by atoms with Gasteiger partial charge in [-0.05, 0) is 44.0 Å². The third-order valence-corrected chi connectivity index (χ3v) is 6.40. The highest BCUT2D eigenvalue weighted by Crippen LogP contribution is 2.37. The SMILES string of the molecule is C[C@H](O)C(=O)N1CCC(N2C(=O)N(C)Cc3cnc4ccc(-c5cccnc5)nc4c32)CC1. The Labute approximate surface area is 191 Å². The maximum atomic E-state index is 13.4. The smallest absolute Gasteiger partial charge is 0.324 e. The molecule has 0 unspecified atom stereocenters. The average Bonchev–Trinajstić information content (AvgIpc) is 2.84. The standard InChI is InChI=1S/C24H26N6O3/c1-15(31)23(32)29-10-7-18(8-11-29)30-22-17(14-28(2)24(30)33)13-26-20-6-5-19(27-21(20)22)16-4-3-9-25-12-16/h3-6,9,12-13,15,18,31H,7-8,10-11,14H2,1-2H3/t15-/m0/s1. The highest BCUT2D eigenvalue weighted by atomic mass is 16.3. The molecule has 0 radical (unpaired) electrons. The van der Waals surface area contributed by atoms with Gasteiger partial charge in [-0.15, -0.1) is 0 Å². The predicted molar refractivity (Wildman–Crippen MR) is 123 cm³/mol. The van der Waals surface area contributed by atoms with Gasteiger partial charge in [-0.25, -0.2) is 9.78 Å². The predicted octanol–water partition coefficient (Wildman–Crippen LogP) is 2.44. The summed E-state index contributed by atoms with van der Waals surface area (Å²) in [6.07, 6.45) is 5.55. The fourth-order valence-corrected chi connectivity index (χ4v) is 4.70. The van der Waals surface area contributed by atoms with Crippen LogP contribution in [0.15, 0.2) is 42.9 Å². The molecule has 3 aromatic heterocycles. The van der Waals surface area contributed by atoms with Crippen molar-refractivity contribution in [1.29, 1.82) is 0 Å². The number of aromatic nitrogens is 3. The third kappa shape index (κ3) is 3.78. The fourth-order valence-electron chi connectivity index (χ4n) is 4.70. The number of carbonyl (C=O) groups excluding carboxylic acids is 2. The van der Waals surface area contributed by atoms with Gasteiger partial charge in [0.25, 0.3) is 5.91 Å². The molecule has 1 saturated heterocycles. The Morgan fingerprint density at radius 2 is 1.97 bits per heavy atom. The first-order valence-electron chi connectivity index (χ1n) is 11.1. The molecule has 9 heteroatoms. The highest BCUT2D eigenvalue weighted by molar-refractivity contribution is 6.04. The summed E-state index contributed by atoms with van der Waals surface area (Å²) in [6, 6.07) is 7.51. The van der Waals surface area contributed by atoms with E-state index in [1.54, 1.807) is 29.2 Å². The molecule has 3 amide bonds. The number of hydrogen-bond acceptors (Lipinski definition) is 6. The summed E-state index contributed by atoms with van der Waals surface area (Å²) >= 11 is 0. The summed E-state index contributed by atoms with van der Waals surface area (Å²) in [5, 5.41) is 9.65. The van der Waals surface area contributed by atoms with Crippen molar-refractivity contribution in [3.05, 3.63) is 48.4 Å². The van der Waals surface area contributed by atoms with Crippen LogP contribution in [0.2, 0.25) is 0 Å². The number of anilines is 1. The van der Waals surface area contributed by atoms with Crippen LogP contribution in [0.5, 0.6) is 0 Å². The van der Waals surface area contributed by atoms with E-state index in [1.165, 1.54) is 6.92 Å². The van der Waals surface area contributed by atoms with E-state index in [4.69, 9.17) is 4.98 Å². The van der Waals surface area contributed by atoms with Gasteiger partial charge in [0.05, 0.1) is 23.4 Å². The van der Waals surface area contributed by atoms with Crippen LogP contribution in [0.25, 0.3) is 22.3 Å². The summed E-state index contributed by atoms with van der Waals surface area (Å²) in [5.41, 5.74) is 4.84. The van der Waals surface area contributed by atoms with Crippen LogP contribution in [0.4, 0.5) is 10.5 Å². The molecule has 1 fully saturated rings. The lowest BCUT2D eigenvalue weighted by Gasteiger charge is -2.43. The maximum Gasteiger partial charge on any atom is 0.324 e. The number of hydrogen-bond donors (Lipinski definition) is 1. The molecule has 2 aliphatic heterocycles. The molecule has 1 N–H and O–H groups in total. The quantitative estimate of drug-likeness (QED) is 0.663. The molecule has 0 aliphatic carbocycles. The first-order chi connectivity index (χ1) is 15.9. The van der Waals surface area contributed by atoms with E-state index in [-0.39, 0.29) is 18.0 Å². The number of urea groups is 1. The molecule has 1 atom stereocenters. The molecule has 5 rings (SSSR count). The molecular formula is C24H26N6O3. The zero-order valence-corrected chi connectivity index (χ0v) is 18.7. The second kappa shape index (κ2) is 8.40. The Hall–Kier alpha value is -3.59. The number of aliphatic hydroxyl groups excluding tert-OH is 1. The Balaban J connectivity index is 1.56. The van der Waals surface area contributed by atoms with Crippen molar-refractivity contribution in [2.45, 2.75) is 38.5 Å². The number of aliphatic hydroxyl groups is 1. The van der Waals surface area contributed by atoms with Crippen LogP contribution in [0.3, 0.4) is 0 Å². The zero-order valence-electron chi connectivity index (χ0n) is 18.7. The lowest BCUT2D eigenvalue weighted by Crippen LogP contribution is -2.55. The average molecular weight is 447 g/mol. The van der Waals surface area contributed by atoms with Crippen molar-refractivity contribution < 1.29 is 14.7 Å². The van der Waals surface area contributed by atoms with E-state index >= 15 is 0 Å². The van der Waals surface area contributed by atoms with E-state index in [9.17, 15) is 14.7 Å². The second-order valence-corrected chi connectivity index (χ2v) is 8.68. The van der Waals surface area contributed by atoms with Crippen LogP contribution in [0.1, 0.15) is 25.3 Å². The molecule has 0 aromatic carbocycles. The maximum absolute atomic E-state index is 13.4. The normalized spacial score (nSPS) is 17.9. The molecule has 0 bridgehead atoms. The lowest BCUT2D eigenvalue weighted by atomic mass is 9.99. The second-order valence-electron chi connectivity index (χ2n) is 8.68. The number of carbonyl (C=O) groups is 2. The Morgan fingerprint density at radius 3 is 2.67 bits per heavy atom. The van der Waals surface area contributed by atoms with Crippen LogP contribution in [-0.4, -0.2) is 74.1 Å². The van der Waals surface area contributed by atoms with Crippen molar-refractivity contribution in [2.75, 3.05) is 25.0 Å². The lowest BCUT2D eigenvalue weighted by molar-refractivity contribution is -0.140. The molecule has 0 saturated carbocycles. The van der Waals surface area contributed by atoms with Gasteiger partial charge < -0.3 is 14.9 Å². The van der Waals surface area contributed by atoms with Crippen molar-refractivity contribution in [3.63, 3.8) is 0 Å². The summed E-state index contributed by atoms with van der Waals surface area (Å²) in [5.74, 6) is -0.270. The van der Waals surface area contributed by atoms with Gasteiger partial charge in [0.2, 0.25) is 0 Å². The van der Waals surface area contributed by atoms with E-state index in [0.29, 0.717) is 38.0 Å². The van der Waals surface area contributed by atoms with Crippen LogP contribution >= 0.6 is 0 Å². The monoisotopic (exact) mass is 446 g/mol. The van der Waals surface area contributed by atoms with E-state index < -0.39 is 6.10 Å². The molecule has 2 aliphatic rings. The number of rotatable bonds is 3. The molecular weight excluding hydrogens is 420 g/mol. The first-order valence-corrected chi connectivity index (χ1v) is 11.1. The van der Waals surface area contributed by atoms with Crippen LogP contribution < -0.4 is 4.90 Å². The molecule has 0 spiro atoms. The zero-order chi connectivity index (χ0) is 23.1. The molecule has 5 heterocycles. The van der Waals surface area contributed by atoms with Gasteiger partial charge in [0, 0.05) is 55.9 Å². The van der Waals surface area contributed by atoms with Gasteiger partial charge in [0.1, 0.15) is 11.6 Å². The van der Waals surface area contributed by atoms with Gasteiger partial charge in [0.15, 0.2) is 0 Å². The number of piperidine rings is 1. The minimum absolute atomic E-state index is 0.0773. The molecule has 170 valence electrons. The van der Waals surface area contributed by atoms with Crippen molar-refractivity contribution >= 4 is 28.7 Å². The minimum Gasteiger partial charge on any atom is -0.384 e. The number of likely N-dealkylation sites (tertiary alicyclic amines) is 1. The minimum atomic E-state index is -1.02. The number of nitrogens with zero attached hydrogens (tertiary/aromatic N) is 6. The topological polar surface area (TPSA) is 103 Å². The van der Waals surface area contributed by atoms with Crippen molar-refractivity contribution in [3.8, 4) is 11.3 Å². The van der Waals surface area contributed by atoms with Gasteiger partial charge in [-0.2, -0.15) is 0 Å². The first kappa shape index (κ1) is 21.3. The summed E-state index contributed by atoms with van der Waals surface area (Å²) in [6.45, 7) is 2.94. The molecule has 9 nitrogen and oxygen atoms in total. The van der Waals surface area contributed by atoms with Crippen molar-refractivity contribution in [2.24, 2.45) is 0 Å². The van der Waals surface area contributed by atoms with E-state index in [1.807, 2.05) is 35.4 Å². The van der Waals surface area contributed by atoms with Gasteiger partial charge >= 0.3 is 6.03 Å². The van der Waals surface area contributed by atoms with E-state index in [0.717, 1.165) is 28.0 Å². The summed E-state index contributed by atoms with van der Waals surface area (Å²) in [4.78, 5) is 44.5. The van der Waals surface area contributed by atoms with Gasteiger partial charge in [-0.1, -0.05) is 0 Å². The fraction of sp³-hybridized carbons (Fsp3) is 0.375. The largest absolute Gasteiger partial charge is 0.384 e. The number of pyridine rings is 3. The Morgan fingerprint density at radius 1 is 1.18 bits per heavy atom. The van der Waals surface area contributed by atoms with Crippen molar-refractivity contribution in [1.82, 2.24) is 24.8 Å². The van der Waals surface area contributed by atoms with E-state index in [2.05, 4.69) is 9.97 Å². The summed E-state index contributed by atoms with van der Waals surface area (Å²) in [7, 11) is 1.79. The van der Waals surface area contributed by atoms with Gasteiger partial charge in [-0.3, -0.25) is 19.7 Å². The number of amides is 3. The van der Waals surface area contributed by atoms with Crippen LogP contribution in [0, 0.1) is 0 Å². The third-order valence-electron chi connectivity index (χ3n) is 6.40.